The number of ether oxygens (including phenoxy) is 1. The molecule has 2 aromatic rings. The van der Waals surface area contributed by atoms with Crippen LogP contribution in [0.3, 0.4) is 0 Å². The van der Waals surface area contributed by atoms with Gasteiger partial charge >= 0.3 is 0 Å². The average Bonchev–Trinajstić information content (AvgIpc) is 2.47. The van der Waals surface area contributed by atoms with Gasteiger partial charge < -0.3 is 10.1 Å². The average molecular weight is 289 g/mol. The Kier molecular flexibility index (Phi) is 3.90. The van der Waals surface area contributed by atoms with Crippen molar-refractivity contribution in [1.29, 1.82) is 0 Å². The van der Waals surface area contributed by atoms with E-state index in [1.54, 1.807) is 0 Å². The molecule has 2 heterocycles. The van der Waals surface area contributed by atoms with E-state index in [1.165, 1.54) is 5.56 Å². The lowest BCUT2D eigenvalue weighted by atomic mass is 9.98. The van der Waals surface area contributed by atoms with Crippen LogP contribution in [0.1, 0.15) is 29.2 Å². The van der Waals surface area contributed by atoms with Crippen LogP contribution in [0.15, 0.2) is 36.7 Å². The van der Waals surface area contributed by atoms with Crippen molar-refractivity contribution >= 4 is 11.6 Å². The summed E-state index contributed by atoms with van der Waals surface area (Å²) in [6, 6.07) is 8.38. The molecule has 3 nitrogen and oxygen atoms in total. The molecule has 20 heavy (non-hydrogen) atoms. The molecule has 1 aliphatic heterocycles. The van der Waals surface area contributed by atoms with Crippen LogP contribution in [-0.4, -0.2) is 11.6 Å². The SMILES string of the molecule is Cc1cc2c(cc1Cl)C(NCc1ccncc1)CCO2. The van der Waals surface area contributed by atoms with Gasteiger partial charge in [0.25, 0.3) is 0 Å². The van der Waals surface area contributed by atoms with E-state index in [9.17, 15) is 0 Å². The summed E-state index contributed by atoms with van der Waals surface area (Å²) in [7, 11) is 0. The first kappa shape index (κ1) is 13.4. The fraction of sp³-hybridized carbons (Fsp3) is 0.312. The number of pyridine rings is 1. The Morgan fingerprint density at radius 3 is 2.95 bits per heavy atom. The number of fused-ring (bicyclic) bond motifs is 1. The summed E-state index contributed by atoms with van der Waals surface area (Å²) < 4.78 is 5.73. The first-order valence-electron chi connectivity index (χ1n) is 6.79. The zero-order valence-corrected chi connectivity index (χ0v) is 12.2. The van der Waals surface area contributed by atoms with Crippen molar-refractivity contribution in [2.75, 3.05) is 6.61 Å². The van der Waals surface area contributed by atoms with Gasteiger partial charge in [-0.2, -0.15) is 0 Å². The third-order valence-corrected chi connectivity index (χ3v) is 4.04. The summed E-state index contributed by atoms with van der Waals surface area (Å²) in [5.41, 5.74) is 3.44. The van der Waals surface area contributed by atoms with Crippen molar-refractivity contribution in [1.82, 2.24) is 10.3 Å². The molecule has 1 N–H and O–H groups in total. The van der Waals surface area contributed by atoms with Gasteiger partial charge in [-0.15, -0.1) is 0 Å². The molecule has 0 bridgehead atoms. The molecule has 3 rings (SSSR count). The fourth-order valence-electron chi connectivity index (χ4n) is 2.46. The van der Waals surface area contributed by atoms with E-state index in [0.29, 0.717) is 0 Å². The maximum Gasteiger partial charge on any atom is 0.124 e. The molecular weight excluding hydrogens is 272 g/mol. The Hall–Kier alpha value is -1.58. The van der Waals surface area contributed by atoms with Gasteiger partial charge in [0, 0.05) is 42.0 Å². The van der Waals surface area contributed by atoms with Gasteiger partial charge in [0.05, 0.1) is 6.61 Å². The minimum absolute atomic E-state index is 0.282. The standard InChI is InChI=1S/C16H17ClN2O/c1-11-8-16-13(9-14(11)17)15(4-7-20-16)19-10-12-2-5-18-6-3-12/h2-3,5-6,8-9,15,19H,4,7,10H2,1H3. The maximum atomic E-state index is 6.24. The molecule has 4 heteroatoms. The largest absolute Gasteiger partial charge is 0.493 e. The highest BCUT2D eigenvalue weighted by Gasteiger charge is 2.22. The van der Waals surface area contributed by atoms with E-state index in [-0.39, 0.29) is 6.04 Å². The Labute approximate surface area is 123 Å². The minimum Gasteiger partial charge on any atom is -0.493 e. The van der Waals surface area contributed by atoms with Crippen LogP contribution in [0.25, 0.3) is 0 Å². The number of hydrogen-bond donors (Lipinski definition) is 1. The van der Waals surface area contributed by atoms with Gasteiger partial charge in [-0.1, -0.05) is 11.6 Å². The van der Waals surface area contributed by atoms with Crippen molar-refractivity contribution in [3.63, 3.8) is 0 Å². The highest BCUT2D eigenvalue weighted by atomic mass is 35.5. The number of nitrogens with one attached hydrogen (secondary N) is 1. The summed E-state index contributed by atoms with van der Waals surface area (Å²) in [5.74, 6) is 0.949. The van der Waals surface area contributed by atoms with Crippen LogP contribution in [0.5, 0.6) is 5.75 Å². The molecule has 0 spiro atoms. The lowest BCUT2D eigenvalue weighted by molar-refractivity contribution is 0.252. The second kappa shape index (κ2) is 5.81. The molecule has 0 fully saturated rings. The van der Waals surface area contributed by atoms with Crippen LogP contribution in [-0.2, 0) is 6.54 Å². The molecule has 0 saturated carbocycles. The number of aryl methyl sites for hydroxylation is 1. The van der Waals surface area contributed by atoms with E-state index in [0.717, 1.165) is 41.5 Å². The second-order valence-electron chi connectivity index (χ2n) is 5.07. The van der Waals surface area contributed by atoms with Crippen LogP contribution >= 0.6 is 11.6 Å². The van der Waals surface area contributed by atoms with Gasteiger partial charge in [0.15, 0.2) is 0 Å². The number of benzene rings is 1. The van der Waals surface area contributed by atoms with Gasteiger partial charge in [-0.3, -0.25) is 4.98 Å². The first-order chi connectivity index (χ1) is 9.74. The molecular formula is C16H17ClN2O. The number of halogens is 1. The molecule has 104 valence electrons. The molecule has 1 aromatic carbocycles. The van der Waals surface area contributed by atoms with Crippen LogP contribution in [0, 0.1) is 6.92 Å². The van der Waals surface area contributed by atoms with Gasteiger partial charge in [-0.05, 0) is 42.3 Å². The second-order valence-corrected chi connectivity index (χ2v) is 5.47. The Balaban J connectivity index is 1.78. The number of aromatic nitrogens is 1. The van der Waals surface area contributed by atoms with Gasteiger partial charge in [0.2, 0.25) is 0 Å². The topological polar surface area (TPSA) is 34.2 Å². The Morgan fingerprint density at radius 1 is 1.35 bits per heavy atom. The molecule has 0 saturated heterocycles. The first-order valence-corrected chi connectivity index (χ1v) is 7.17. The lowest BCUT2D eigenvalue weighted by Crippen LogP contribution is -2.26. The summed E-state index contributed by atoms with van der Waals surface area (Å²) in [5, 5.41) is 4.37. The molecule has 1 aliphatic rings. The van der Waals surface area contributed by atoms with Crippen molar-refractivity contribution in [2.45, 2.75) is 25.9 Å². The zero-order chi connectivity index (χ0) is 13.9. The van der Waals surface area contributed by atoms with E-state index < -0.39 is 0 Å². The molecule has 1 unspecified atom stereocenters. The van der Waals surface area contributed by atoms with E-state index in [4.69, 9.17) is 16.3 Å². The van der Waals surface area contributed by atoms with Gasteiger partial charge in [0.1, 0.15) is 5.75 Å². The molecule has 0 radical (unpaired) electrons. The summed E-state index contributed by atoms with van der Waals surface area (Å²) >= 11 is 6.24. The van der Waals surface area contributed by atoms with E-state index >= 15 is 0 Å². The monoisotopic (exact) mass is 288 g/mol. The van der Waals surface area contributed by atoms with E-state index in [1.807, 2.05) is 43.6 Å². The van der Waals surface area contributed by atoms with Crippen molar-refractivity contribution in [2.24, 2.45) is 0 Å². The Bertz CT molecular complexity index is 601. The van der Waals surface area contributed by atoms with Crippen molar-refractivity contribution < 1.29 is 4.74 Å². The van der Waals surface area contributed by atoms with Crippen molar-refractivity contribution in [3.05, 3.63) is 58.4 Å². The van der Waals surface area contributed by atoms with Gasteiger partial charge in [-0.25, -0.2) is 0 Å². The third kappa shape index (κ3) is 2.79. The number of hydrogen-bond acceptors (Lipinski definition) is 3. The zero-order valence-electron chi connectivity index (χ0n) is 11.4. The predicted octanol–water partition coefficient (Wildman–Crippen LogP) is 3.66. The van der Waals surface area contributed by atoms with Crippen molar-refractivity contribution in [3.8, 4) is 5.75 Å². The number of rotatable bonds is 3. The summed E-state index contributed by atoms with van der Waals surface area (Å²) in [4.78, 5) is 4.03. The quantitative estimate of drug-likeness (QED) is 0.936. The normalized spacial score (nSPS) is 17.4. The third-order valence-electron chi connectivity index (χ3n) is 3.63. The Morgan fingerprint density at radius 2 is 2.15 bits per heavy atom. The van der Waals surface area contributed by atoms with Crippen LogP contribution < -0.4 is 10.1 Å². The minimum atomic E-state index is 0.282. The van der Waals surface area contributed by atoms with Crippen LogP contribution in [0.2, 0.25) is 5.02 Å². The highest BCUT2D eigenvalue weighted by Crippen LogP contribution is 2.35. The van der Waals surface area contributed by atoms with E-state index in [2.05, 4.69) is 10.3 Å². The highest BCUT2D eigenvalue weighted by molar-refractivity contribution is 6.31. The maximum absolute atomic E-state index is 6.24. The fourth-order valence-corrected chi connectivity index (χ4v) is 2.64. The summed E-state index contributed by atoms with van der Waals surface area (Å²) in [6.45, 7) is 3.56. The molecule has 0 amide bonds. The number of nitrogens with zero attached hydrogens (tertiary/aromatic N) is 1. The molecule has 0 aliphatic carbocycles. The predicted molar refractivity (Wildman–Crippen MR) is 80.1 cm³/mol. The molecule has 1 aromatic heterocycles. The smallest absolute Gasteiger partial charge is 0.124 e. The van der Waals surface area contributed by atoms with Crippen LogP contribution in [0.4, 0.5) is 0 Å². The lowest BCUT2D eigenvalue weighted by Gasteiger charge is -2.27. The summed E-state index contributed by atoms with van der Waals surface area (Å²) in [6.07, 6.45) is 4.59. The molecule has 1 atom stereocenters.